The molecular formula is C18H27IN6O2S2. The summed E-state index contributed by atoms with van der Waals surface area (Å²) in [5, 5.41) is 5.05. The molecule has 1 saturated heterocycles. The monoisotopic (exact) mass is 550 g/mol. The van der Waals surface area contributed by atoms with Gasteiger partial charge in [0.25, 0.3) is 0 Å². The topological polar surface area (TPSA) is 89.9 Å². The highest BCUT2D eigenvalue weighted by Gasteiger charge is 2.20. The van der Waals surface area contributed by atoms with Crippen LogP contribution < -0.4 is 14.9 Å². The fraction of sp³-hybridized carbons (Fsp3) is 0.444. The fourth-order valence-corrected chi connectivity index (χ4v) is 5.00. The average Bonchev–Trinajstić information content (AvgIpc) is 3.27. The van der Waals surface area contributed by atoms with Gasteiger partial charge in [-0.1, -0.05) is 12.1 Å². The van der Waals surface area contributed by atoms with Crippen molar-refractivity contribution in [3.05, 3.63) is 41.9 Å². The van der Waals surface area contributed by atoms with Crippen LogP contribution in [-0.2, 0) is 10.0 Å². The molecule has 0 bridgehead atoms. The number of guanidine groups is 1. The van der Waals surface area contributed by atoms with Crippen molar-refractivity contribution in [1.82, 2.24) is 19.9 Å². The second-order valence-electron chi connectivity index (χ2n) is 6.23. The number of hydrogen-bond donors (Lipinski definition) is 2. The van der Waals surface area contributed by atoms with Crippen LogP contribution in [0.25, 0.3) is 0 Å². The molecule has 1 fully saturated rings. The predicted molar refractivity (Wildman–Crippen MR) is 129 cm³/mol. The minimum absolute atomic E-state index is 0. The number of rotatable bonds is 7. The summed E-state index contributed by atoms with van der Waals surface area (Å²) in [5.41, 5.74) is 0. The summed E-state index contributed by atoms with van der Waals surface area (Å²) in [5.74, 6) is 1.81. The quantitative estimate of drug-likeness (QED) is 0.237. The molecule has 1 aliphatic rings. The number of nitrogens with one attached hydrogen (secondary N) is 2. The Bertz CT molecular complexity index is 854. The van der Waals surface area contributed by atoms with E-state index in [9.17, 15) is 8.42 Å². The lowest BCUT2D eigenvalue weighted by Crippen LogP contribution is -2.52. The summed E-state index contributed by atoms with van der Waals surface area (Å²) in [6.07, 6.45) is 1.81. The van der Waals surface area contributed by atoms with Crippen molar-refractivity contribution in [3.63, 3.8) is 0 Å². The maximum Gasteiger partial charge on any atom is 0.250 e. The minimum Gasteiger partial charge on any atom is -0.357 e. The van der Waals surface area contributed by atoms with Gasteiger partial charge in [0, 0.05) is 45.5 Å². The number of halogens is 1. The molecule has 0 saturated carbocycles. The molecule has 11 heteroatoms. The molecule has 2 aromatic rings. The molecule has 0 radical (unpaired) electrons. The normalized spacial score (nSPS) is 15.1. The molecule has 2 aromatic heterocycles. The molecule has 0 amide bonds. The Kier molecular flexibility index (Phi) is 9.59. The lowest BCUT2D eigenvalue weighted by atomic mass is 10.3. The van der Waals surface area contributed by atoms with E-state index in [0.29, 0.717) is 10.8 Å². The third-order valence-electron chi connectivity index (χ3n) is 4.31. The van der Waals surface area contributed by atoms with Gasteiger partial charge in [0.2, 0.25) is 10.0 Å². The summed E-state index contributed by atoms with van der Waals surface area (Å²) in [7, 11) is -3.44. The van der Waals surface area contributed by atoms with Crippen molar-refractivity contribution in [3.8, 4) is 0 Å². The van der Waals surface area contributed by atoms with E-state index in [2.05, 4.69) is 29.8 Å². The van der Waals surface area contributed by atoms with Gasteiger partial charge < -0.3 is 15.1 Å². The van der Waals surface area contributed by atoms with Crippen LogP contribution in [0.15, 0.2) is 51.1 Å². The Balaban J connectivity index is 0.00000300. The lowest BCUT2D eigenvalue weighted by molar-refractivity contribution is 0.371. The Morgan fingerprint density at radius 1 is 1.21 bits per heavy atom. The predicted octanol–water partition coefficient (Wildman–Crippen LogP) is 1.83. The minimum atomic E-state index is -3.44. The molecular weight excluding hydrogens is 523 g/mol. The Morgan fingerprint density at radius 2 is 2.00 bits per heavy atom. The number of piperazine rings is 1. The number of aromatic nitrogens is 1. The lowest BCUT2D eigenvalue weighted by Gasteiger charge is -2.37. The fourth-order valence-electron chi connectivity index (χ4n) is 2.94. The zero-order valence-electron chi connectivity index (χ0n) is 16.3. The first-order valence-electron chi connectivity index (χ1n) is 9.32. The van der Waals surface area contributed by atoms with Crippen molar-refractivity contribution >= 4 is 57.1 Å². The first-order valence-corrected chi connectivity index (χ1v) is 11.7. The molecule has 29 heavy (non-hydrogen) atoms. The first-order chi connectivity index (χ1) is 13.6. The average molecular weight is 550 g/mol. The Hall–Kier alpha value is -1.44. The van der Waals surface area contributed by atoms with Crippen LogP contribution in [0, 0.1) is 0 Å². The smallest absolute Gasteiger partial charge is 0.250 e. The second kappa shape index (κ2) is 11.7. The number of thiophene rings is 1. The first kappa shape index (κ1) is 23.8. The van der Waals surface area contributed by atoms with E-state index in [4.69, 9.17) is 0 Å². The van der Waals surface area contributed by atoms with E-state index in [1.165, 1.54) is 11.3 Å². The van der Waals surface area contributed by atoms with E-state index in [0.717, 1.165) is 44.5 Å². The highest BCUT2D eigenvalue weighted by atomic mass is 127. The van der Waals surface area contributed by atoms with Gasteiger partial charge in [-0.05, 0) is 30.5 Å². The molecule has 0 aromatic carbocycles. The number of anilines is 1. The van der Waals surface area contributed by atoms with E-state index < -0.39 is 10.0 Å². The molecule has 160 valence electrons. The summed E-state index contributed by atoms with van der Waals surface area (Å²) in [6.45, 7) is 6.85. The molecule has 3 rings (SSSR count). The van der Waals surface area contributed by atoms with E-state index >= 15 is 0 Å². The van der Waals surface area contributed by atoms with Gasteiger partial charge in [-0.25, -0.2) is 18.1 Å². The molecule has 1 aliphatic heterocycles. The summed E-state index contributed by atoms with van der Waals surface area (Å²) < 4.78 is 27.2. The molecule has 0 aliphatic carbocycles. The molecule has 0 unspecified atom stereocenters. The van der Waals surface area contributed by atoms with Gasteiger partial charge in [-0.3, -0.25) is 4.99 Å². The van der Waals surface area contributed by atoms with Gasteiger partial charge in [-0.15, -0.1) is 35.3 Å². The molecule has 0 spiro atoms. The summed E-state index contributed by atoms with van der Waals surface area (Å²) in [4.78, 5) is 13.5. The maximum absolute atomic E-state index is 12.1. The summed E-state index contributed by atoms with van der Waals surface area (Å²) in [6, 6.07) is 9.27. The number of nitrogens with zero attached hydrogens (tertiary/aromatic N) is 4. The second-order valence-corrected chi connectivity index (χ2v) is 9.17. The van der Waals surface area contributed by atoms with Crippen LogP contribution in [0.2, 0.25) is 0 Å². The van der Waals surface area contributed by atoms with Gasteiger partial charge in [-0.2, -0.15) is 0 Å². The van der Waals surface area contributed by atoms with Crippen LogP contribution in [0.5, 0.6) is 0 Å². The van der Waals surface area contributed by atoms with Gasteiger partial charge in [0.15, 0.2) is 5.96 Å². The highest BCUT2D eigenvalue weighted by molar-refractivity contribution is 14.0. The highest BCUT2D eigenvalue weighted by Crippen LogP contribution is 2.15. The molecule has 3 heterocycles. The van der Waals surface area contributed by atoms with E-state index in [1.54, 1.807) is 17.5 Å². The molecule has 2 N–H and O–H groups in total. The van der Waals surface area contributed by atoms with Crippen molar-refractivity contribution < 1.29 is 8.42 Å². The number of hydrogen-bond acceptors (Lipinski definition) is 6. The van der Waals surface area contributed by atoms with Crippen LogP contribution in [0.3, 0.4) is 0 Å². The molecule has 8 nitrogen and oxygen atoms in total. The number of pyridine rings is 1. The standard InChI is InChI=1S/C18H26N6O2S2.HI/c1-2-19-18(21-9-10-22-28(25,26)17-7-5-15-27-17)24-13-11-23(12-14-24)16-6-3-4-8-20-16;/h3-8,15,22H,2,9-14H2,1H3,(H,19,21);1H. The maximum atomic E-state index is 12.1. The number of sulfonamides is 1. The SMILES string of the molecule is CCNC(=NCCNS(=O)(=O)c1cccs1)N1CCN(c2ccccn2)CC1.I. The van der Waals surface area contributed by atoms with Crippen LogP contribution in [0.4, 0.5) is 5.82 Å². The third kappa shape index (κ3) is 6.79. The largest absolute Gasteiger partial charge is 0.357 e. The van der Waals surface area contributed by atoms with Crippen LogP contribution in [-0.4, -0.2) is 70.1 Å². The van der Waals surface area contributed by atoms with E-state index in [-0.39, 0.29) is 30.5 Å². The van der Waals surface area contributed by atoms with Crippen molar-refractivity contribution in [2.75, 3.05) is 50.7 Å². The zero-order valence-corrected chi connectivity index (χ0v) is 20.3. The Morgan fingerprint density at radius 3 is 2.62 bits per heavy atom. The zero-order chi connectivity index (χ0) is 19.8. The summed E-state index contributed by atoms with van der Waals surface area (Å²) >= 11 is 1.21. The number of aliphatic imine (C=N–C) groups is 1. The van der Waals surface area contributed by atoms with Crippen LogP contribution in [0.1, 0.15) is 6.92 Å². The van der Waals surface area contributed by atoms with Gasteiger partial charge >= 0.3 is 0 Å². The third-order valence-corrected chi connectivity index (χ3v) is 7.17. The van der Waals surface area contributed by atoms with Crippen molar-refractivity contribution in [1.29, 1.82) is 0 Å². The van der Waals surface area contributed by atoms with Gasteiger partial charge in [0.05, 0.1) is 6.54 Å². The van der Waals surface area contributed by atoms with Crippen LogP contribution >= 0.6 is 35.3 Å². The molecule has 0 atom stereocenters. The van der Waals surface area contributed by atoms with Crippen molar-refractivity contribution in [2.24, 2.45) is 4.99 Å². The van der Waals surface area contributed by atoms with E-state index in [1.807, 2.05) is 31.3 Å². The van der Waals surface area contributed by atoms with Gasteiger partial charge in [0.1, 0.15) is 10.0 Å². The van der Waals surface area contributed by atoms with Crippen molar-refractivity contribution in [2.45, 2.75) is 11.1 Å². The Labute approximate surface area is 193 Å².